The summed E-state index contributed by atoms with van der Waals surface area (Å²) in [5, 5.41) is 5.68. The van der Waals surface area contributed by atoms with Gasteiger partial charge in [0.1, 0.15) is 0 Å². The zero-order valence-electron chi connectivity index (χ0n) is 13.8. The largest absolute Gasteiger partial charge is 0.459 e. The first-order valence-corrected chi connectivity index (χ1v) is 8.14. The predicted molar refractivity (Wildman–Crippen MR) is 92.4 cm³/mol. The van der Waals surface area contributed by atoms with Gasteiger partial charge in [0.2, 0.25) is 0 Å². The number of benzene rings is 1. The van der Waals surface area contributed by atoms with E-state index >= 15 is 0 Å². The molecule has 1 atom stereocenters. The molecule has 3 rings (SSSR count). The Kier molecular flexibility index (Phi) is 4.55. The quantitative estimate of drug-likeness (QED) is 0.904. The molecule has 1 aliphatic rings. The normalized spacial score (nSPS) is 14.2. The van der Waals surface area contributed by atoms with Crippen LogP contribution in [0.3, 0.4) is 0 Å². The lowest BCUT2D eigenvalue weighted by Gasteiger charge is -2.17. The number of fused-ring (bicyclic) bond motifs is 1. The molecule has 6 heteroatoms. The van der Waals surface area contributed by atoms with Gasteiger partial charge in [-0.25, -0.2) is 4.79 Å². The highest BCUT2D eigenvalue weighted by molar-refractivity contribution is 6.06. The molecule has 2 aromatic rings. The summed E-state index contributed by atoms with van der Waals surface area (Å²) < 4.78 is 5.20. The van der Waals surface area contributed by atoms with Crippen LogP contribution in [-0.2, 0) is 6.42 Å². The van der Waals surface area contributed by atoms with Gasteiger partial charge in [0.25, 0.3) is 5.91 Å². The topological polar surface area (TPSA) is 74.6 Å². The van der Waals surface area contributed by atoms with Crippen molar-refractivity contribution in [2.45, 2.75) is 32.7 Å². The zero-order valence-corrected chi connectivity index (χ0v) is 13.8. The third kappa shape index (κ3) is 3.27. The number of hydrogen-bond acceptors (Lipinski definition) is 3. The van der Waals surface area contributed by atoms with Gasteiger partial charge in [-0.3, -0.25) is 4.79 Å². The Bertz CT molecular complexity index is 740. The lowest BCUT2D eigenvalue weighted by atomic mass is 10.1. The van der Waals surface area contributed by atoms with Crippen molar-refractivity contribution in [3.63, 3.8) is 0 Å². The van der Waals surface area contributed by atoms with Crippen LogP contribution in [0.5, 0.6) is 0 Å². The number of carbonyl (C=O) groups excluding carboxylic acids is 2. The van der Waals surface area contributed by atoms with Gasteiger partial charge in [0, 0.05) is 24.0 Å². The summed E-state index contributed by atoms with van der Waals surface area (Å²) in [5.74, 6) is 0.149. The van der Waals surface area contributed by atoms with Crippen LogP contribution in [0.25, 0.3) is 0 Å². The molecule has 0 spiro atoms. The van der Waals surface area contributed by atoms with Gasteiger partial charge in [-0.15, -0.1) is 0 Å². The van der Waals surface area contributed by atoms with Gasteiger partial charge in [-0.05, 0) is 49.6 Å². The molecular weight excluding hydrogens is 306 g/mol. The summed E-state index contributed by atoms with van der Waals surface area (Å²) in [7, 11) is 0. The van der Waals surface area contributed by atoms with Crippen LogP contribution in [0.2, 0.25) is 0 Å². The Morgan fingerprint density at radius 1 is 1.33 bits per heavy atom. The van der Waals surface area contributed by atoms with E-state index < -0.39 is 0 Å². The number of furan rings is 1. The number of hydrogen-bond donors (Lipinski definition) is 2. The van der Waals surface area contributed by atoms with E-state index in [1.807, 2.05) is 32.0 Å². The minimum atomic E-state index is -0.244. The summed E-state index contributed by atoms with van der Waals surface area (Å²) in [4.78, 5) is 26.2. The number of rotatable bonds is 4. The van der Waals surface area contributed by atoms with Crippen molar-refractivity contribution in [2.75, 3.05) is 16.8 Å². The Hall–Kier alpha value is -2.76. The van der Waals surface area contributed by atoms with Gasteiger partial charge >= 0.3 is 6.03 Å². The van der Waals surface area contributed by atoms with E-state index in [0.29, 0.717) is 18.0 Å². The average molecular weight is 327 g/mol. The molecule has 1 aliphatic heterocycles. The van der Waals surface area contributed by atoms with Crippen LogP contribution in [0.1, 0.15) is 36.4 Å². The van der Waals surface area contributed by atoms with Crippen molar-refractivity contribution in [1.82, 2.24) is 5.32 Å². The van der Waals surface area contributed by atoms with E-state index in [2.05, 4.69) is 10.6 Å². The van der Waals surface area contributed by atoms with E-state index in [1.54, 1.807) is 17.0 Å². The molecule has 0 saturated carbocycles. The Labute approximate surface area is 140 Å². The zero-order chi connectivity index (χ0) is 17.1. The molecule has 6 nitrogen and oxygen atoms in total. The fourth-order valence-electron chi connectivity index (χ4n) is 2.69. The molecule has 1 unspecified atom stereocenters. The maximum atomic E-state index is 12.5. The Balaban J connectivity index is 1.76. The molecule has 1 aromatic heterocycles. The Morgan fingerprint density at radius 2 is 2.17 bits per heavy atom. The van der Waals surface area contributed by atoms with Crippen molar-refractivity contribution in [2.24, 2.45) is 0 Å². The van der Waals surface area contributed by atoms with Crippen molar-refractivity contribution >= 4 is 23.3 Å². The number of nitrogens with one attached hydrogen (secondary N) is 2. The SMILES string of the molecule is CCC(C)NC(=O)Nc1ccc2c(c1)N(C(=O)c1ccco1)CC2. The molecule has 3 amide bonds. The molecular formula is C18H21N3O3. The van der Waals surface area contributed by atoms with Crippen molar-refractivity contribution in [3.05, 3.63) is 47.9 Å². The van der Waals surface area contributed by atoms with E-state index in [4.69, 9.17) is 4.42 Å². The van der Waals surface area contributed by atoms with Crippen molar-refractivity contribution in [3.8, 4) is 0 Å². The van der Waals surface area contributed by atoms with E-state index in [9.17, 15) is 9.59 Å². The van der Waals surface area contributed by atoms with Crippen LogP contribution >= 0.6 is 0 Å². The lowest BCUT2D eigenvalue weighted by Crippen LogP contribution is -2.35. The van der Waals surface area contributed by atoms with Crippen molar-refractivity contribution in [1.29, 1.82) is 0 Å². The van der Waals surface area contributed by atoms with Crippen LogP contribution in [0.4, 0.5) is 16.2 Å². The van der Waals surface area contributed by atoms with Gasteiger partial charge in [0.15, 0.2) is 5.76 Å². The molecule has 24 heavy (non-hydrogen) atoms. The highest BCUT2D eigenvalue weighted by Crippen LogP contribution is 2.32. The average Bonchev–Trinajstić information content (AvgIpc) is 3.23. The second kappa shape index (κ2) is 6.78. The van der Waals surface area contributed by atoms with Crippen molar-refractivity contribution < 1.29 is 14.0 Å². The fraction of sp³-hybridized carbons (Fsp3) is 0.333. The number of carbonyl (C=O) groups is 2. The first kappa shape index (κ1) is 16.1. The highest BCUT2D eigenvalue weighted by Gasteiger charge is 2.27. The summed E-state index contributed by atoms with van der Waals surface area (Å²) in [6.45, 7) is 4.57. The van der Waals surface area contributed by atoms with Gasteiger partial charge in [0.05, 0.1) is 6.26 Å². The number of urea groups is 1. The molecule has 126 valence electrons. The Morgan fingerprint density at radius 3 is 2.88 bits per heavy atom. The lowest BCUT2D eigenvalue weighted by molar-refractivity contribution is 0.0963. The molecule has 0 saturated heterocycles. The van der Waals surface area contributed by atoms with E-state index in [1.165, 1.54) is 6.26 Å². The number of amides is 3. The third-order valence-corrected chi connectivity index (χ3v) is 4.21. The van der Waals surface area contributed by atoms with E-state index in [0.717, 1.165) is 24.1 Å². The minimum absolute atomic E-state index is 0.108. The van der Waals surface area contributed by atoms with Crippen LogP contribution < -0.4 is 15.5 Å². The summed E-state index contributed by atoms with van der Waals surface area (Å²) >= 11 is 0. The number of anilines is 2. The molecule has 2 heterocycles. The molecule has 1 aromatic carbocycles. The highest BCUT2D eigenvalue weighted by atomic mass is 16.3. The molecule has 0 aliphatic carbocycles. The molecule has 2 N–H and O–H groups in total. The van der Waals surface area contributed by atoms with Crippen LogP contribution in [-0.4, -0.2) is 24.5 Å². The molecule has 0 radical (unpaired) electrons. The smallest absolute Gasteiger partial charge is 0.319 e. The minimum Gasteiger partial charge on any atom is -0.459 e. The van der Waals surface area contributed by atoms with Crippen LogP contribution in [0.15, 0.2) is 41.0 Å². The summed E-state index contributed by atoms with van der Waals surface area (Å²) in [5.41, 5.74) is 2.56. The second-order valence-electron chi connectivity index (χ2n) is 5.94. The number of nitrogens with zero attached hydrogens (tertiary/aromatic N) is 1. The maximum Gasteiger partial charge on any atom is 0.319 e. The second-order valence-corrected chi connectivity index (χ2v) is 5.94. The fourth-order valence-corrected chi connectivity index (χ4v) is 2.69. The van der Waals surface area contributed by atoms with E-state index in [-0.39, 0.29) is 18.0 Å². The van der Waals surface area contributed by atoms with Gasteiger partial charge in [-0.1, -0.05) is 13.0 Å². The van der Waals surface area contributed by atoms with Gasteiger partial charge in [-0.2, -0.15) is 0 Å². The maximum absolute atomic E-state index is 12.5. The molecule has 0 bridgehead atoms. The molecule has 0 fully saturated rings. The summed E-state index contributed by atoms with van der Waals surface area (Å²) in [6, 6.07) is 8.85. The van der Waals surface area contributed by atoms with Crippen LogP contribution in [0, 0.1) is 0 Å². The van der Waals surface area contributed by atoms with Gasteiger partial charge < -0.3 is 20.0 Å². The summed E-state index contributed by atoms with van der Waals surface area (Å²) in [6.07, 6.45) is 3.14. The first-order valence-electron chi connectivity index (χ1n) is 8.14. The predicted octanol–water partition coefficient (Wildman–Crippen LogP) is 3.40. The third-order valence-electron chi connectivity index (χ3n) is 4.21. The standard InChI is InChI=1S/C18H21N3O3/c1-3-12(2)19-18(23)20-14-7-6-13-8-9-21(15(13)11-14)17(22)16-5-4-10-24-16/h4-7,10-12H,3,8-9H2,1-2H3,(H2,19,20,23). The monoisotopic (exact) mass is 327 g/mol. The first-order chi connectivity index (χ1) is 11.6.